The van der Waals surface area contributed by atoms with E-state index in [0.29, 0.717) is 53.6 Å². The maximum absolute atomic E-state index is 13.2. The van der Waals surface area contributed by atoms with Crippen LogP contribution in [0.5, 0.6) is 5.75 Å². The molecule has 4 aromatic rings. The third-order valence-corrected chi connectivity index (χ3v) is 5.45. The summed E-state index contributed by atoms with van der Waals surface area (Å²) in [5.41, 5.74) is 1.93. The Kier molecular flexibility index (Phi) is 6.36. The molecule has 0 saturated carbocycles. The monoisotopic (exact) mass is 495 g/mol. The molecular formula is C23H22BrN5O3. The number of aromatic amines is 1. The van der Waals surface area contributed by atoms with Gasteiger partial charge in [0.25, 0.3) is 5.56 Å². The van der Waals surface area contributed by atoms with E-state index in [1.807, 2.05) is 55.5 Å². The molecule has 0 aliphatic carbocycles. The maximum atomic E-state index is 13.2. The van der Waals surface area contributed by atoms with Crippen molar-refractivity contribution in [2.45, 2.75) is 19.9 Å². The fourth-order valence-corrected chi connectivity index (χ4v) is 3.63. The van der Waals surface area contributed by atoms with Gasteiger partial charge in [-0.1, -0.05) is 47.1 Å². The summed E-state index contributed by atoms with van der Waals surface area (Å²) in [5.74, 6) is 1.30. The van der Waals surface area contributed by atoms with Gasteiger partial charge in [0.15, 0.2) is 11.3 Å². The van der Waals surface area contributed by atoms with Crippen LogP contribution >= 0.6 is 15.9 Å². The molecule has 0 atom stereocenters. The van der Waals surface area contributed by atoms with E-state index in [-0.39, 0.29) is 5.56 Å². The lowest BCUT2D eigenvalue weighted by Crippen LogP contribution is -2.15. The first-order chi connectivity index (χ1) is 15.5. The Bertz CT molecular complexity index is 1310. The van der Waals surface area contributed by atoms with Crippen LogP contribution in [0.3, 0.4) is 0 Å². The van der Waals surface area contributed by atoms with Crippen molar-refractivity contribution in [1.82, 2.24) is 19.7 Å². The second kappa shape index (κ2) is 9.35. The maximum Gasteiger partial charge on any atom is 0.277 e. The Labute approximate surface area is 193 Å². The number of benzene rings is 2. The van der Waals surface area contributed by atoms with Crippen LogP contribution in [-0.4, -0.2) is 39.8 Å². The number of anilines is 1. The predicted molar refractivity (Wildman–Crippen MR) is 127 cm³/mol. The molecule has 2 heterocycles. The molecule has 0 fully saturated rings. The lowest BCUT2D eigenvalue weighted by molar-refractivity contribution is -0.107. The fraction of sp³-hybridized carbons (Fsp3) is 0.217. The largest absolute Gasteiger partial charge is 0.493 e. The zero-order valence-corrected chi connectivity index (χ0v) is 19.3. The van der Waals surface area contributed by atoms with E-state index in [4.69, 9.17) is 9.72 Å². The summed E-state index contributed by atoms with van der Waals surface area (Å²) < 4.78 is 8.36. The Balaban J connectivity index is 1.87. The number of carbonyl (C=O) groups is 1. The molecule has 8 nitrogen and oxygen atoms in total. The number of ether oxygens (including phenoxy) is 1. The van der Waals surface area contributed by atoms with E-state index in [1.54, 1.807) is 11.7 Å². The third kappa shape index (κ3) is 4.29. The van der Waals surface area contributed by atoms with Crippen LogP contribution in [0.15, 0.2) is 57.8 Å². The van der Waals surface area contributed by atoms with Crippen molar-refractivity contribution in [2.75, 3.05) is 18.6 Å². The number of rotatable bonds is 8. The quantitative estimate of drug-likeness (QED) is 0.373. The van der Waals surface area contributed by atoms with Crippen LogP contribution in [0, 0.1) is 0 Å². The van der Waals surface area contributed by atoms with Crippen molar-refractivity contribution >= 4 is 39.2 Å². The highest BCUT2D eigenvalue weighted by Crippen LogP contribution is 2.29. The van der Waals surface area contributed by atoms with Gasteiger partial charge in [-0.25, -0.2) is 4.98 Å². The van der Waals surface area contributed by atoms with Crippen molar-refractivity contribution in [3.63, 3.8) is 0 Å². The molecule has 9 heteroatoms. The molecule has 0 unspecified atom stereocenters. The number of carbonyl (C=O) groups excluding carboxylic acids is 1. The Morgan fingerprint density at radius 1 is 1.19 bits per heavy atom. The number of para-hydroxylation sites is 1. The minimum absolute atomic E-state index is 0.298. The number of amides is 1. The first-order valence-electron chi connectivity index (χ1n) is 10.2. The van der Waals surface area contributed by atoms with Crippen molar-refractivity contribution < 1.29 is 9.53 Å². The van der Waals surface area contributed by atoms with Crippen LogP contribution in [0.1, 0.15) is 18.9 Å². The van der Waals surface area contributed by atoms with Gasteiger partial charge in [-0.3, -0.25) is 19.2 Å². The zero-order chi connectivity index (χ0) is 22.7. The molecule has 0 aliphatic rings. The first-order valence-corrected chi connectivity index (χ1v) is 11.0. The average Bonchev–Trinajstić information content (AvgIpc) is 3.17. The Hall–Kier alpha value is -3.46. The molecule has 32 heavy (non-hydrogen) atoms. The van der Waals surface area contributed by atoms with Crippen LogP contribution < -0.4 is 15.2 Å². The summed E-state index contributed by atoms with van der Waals surface area (Å²) in [6.45, 7) is 2.93. The number of hydrogen-bond acceptors (Lipinski definition) is 5. The molecule has 0 saturated heterocycles. The van der Waals surface area contributed by atoms with Gasteiger partial charge in [-0.2, -0.15) is 5.10 Å². The minimum atomic E-state index is -0.342. The van der Waals surface area contributed by atoms with Gasteiger partial charge < -0.3 is 9.72 Å². The number of halogens is 1. The third-order valence-electron chi connectivity index (χ3n) is 4.92. The fourth-order valence-electron chi connectivity index (χ4n) is 3.37. The van der Waals surface area contributed by atoms with Gasteiger partial charge >= 0.3 is 0 Å². The van der Waals surface area contributed by atoms with Crippen molar-refractivity contribution in [3.05, 3.63) is 68.9 Å². The molecule has 0 aliphatic heterocycles. The highest BCUT2D eigenvalue weighted by molar-refractivity contribution is 9.10. The molecule has 2 aromatic heterocycles. The van der Waals surface area contributed by atoms with Crippen LogP contribution in [0.4, 0.5) is 5.82 Å². The zero-order valence-electron chi connectivity index (χ0n) is 17.7. The van der Waals surface area contributed by atoms with Crippen molar-refractivity contribution in [2.24, 2.45) is 0 Å². The smallest absolute Gasteiger partial charge is 0.277 e. The number of hydrogen-bond donors (Lipinski definition) is 1. The minimum Gasteiger partial charge on any atom is -0.493 e. The molecule has 0 spiro atoms. The van der Waals surface area contributed by atoms with E-state index >= 15 is 0 Å². The second-order valence-electron chi connectivity index (χ2n) is 7.28. The van der Waals surface area contributed by atoms with Crippen molar-refractivity contribution in [1.29, 1.82) is 0 Å². The van der Waals surface area contributed by atoms with Crippen LogP contribution in [0.2, 0.25) is 0 Å². The SMILES string of the molecule is CCCOc1ccccc1-c1nc2c(N(C)C=O)nn(Cc3ccc(Br)cc3)c2c(=O)[nH]1. The predicted octanol–water partition coefficient (Wildman–Crippen LogP) is 3.98. The number of fused-ring (bicyclic) bond motifs is 1. The number of aromatic nitrogens is 4. The van der Waals surface area contributed by atoms with Crippen molar-refractivity contribution in [3.8, 4) is 17.1 Å². The van der Waals surface area contributed by atoms with Gasteiger partial charge in [-0.15, -0.1) is 0 Å². The topological polar surface area (TPSA) is 93.1 Å². The summed E-state index contributed by atoms with van der Waals surface area (Å²) in [7, 11) is 1.58. The van der Waals surface area contributed by atoms with Gasteiger partial charge in [0, 0.05) is 11.5 Å². The number of nitrogens with one attached hydrogen (secondary N) is 1. The molecule has 1 amide bonds. The Morgan fingerprint density at radius 3 is 2.66 bits per heavy atom. The van der Waals surface area contributed by atoms with Gasteiger partial charge in [0.2, 0.25) is 6.41 Å². The normalized spacial score (nSPS) is 11.0. The van der Waals surface area contributed by atoms with E-state index in [0.717, 1.165) is 16.5 Å². The molecule has 4 rings (SSSR count). The van der Waals surface area contributed by atoms with E-state index in [9.17, 15) is 9.59 Å². The number of H-pyrrole nitrogens is 1. The Morgan fingerprint density at radius 2 is 1.94 bits per heavy atom. The van der Waals surface area contributed by atoms with E-state index < -0.39 is 0 Å². The first kappa shape index (κ1) is 21.8. The van der Waals surface area contributed by atoms with Crippen LogP contribution in [0.25, 0.3) is 22.4 Å². The summed E-state index contributed by atoms with van der Waals surface area (Å²) in [4.78, 5) is 33.6. The molecule has 0 radical (unpaired) electrons. The summed E-state index contributed by atoms with van der Waals surface area (Å²) in [5, 5.41) is 4.53. The molecule has 0 bridgehead atoms. The summed E-state index contributed by atoms with van der Waals surface area (Å²) in [6, 6.07) is 15.1. The van der Waals surface area contributed by atoms with Gasteiger partial charge in [-0.05, 0) is 36.2 Å². The second-order valence-corrected chi connectivity index (χ2v) is 8.20. The lowest BCUT2D eigenvalue weighted by atomic mass is 10.2. The van der Waals surface area contributed by atoms with Crippen LogP contribution in [-0.2, 0) is 11.3 Å². The van der Waals surface area contributed by atoms with Gasteiger partial charge in [0.1, 0.15) is 17.1 Å². The van der Waals surface area contributed by atoms with E-state index in [2.05, 4.69) is 26.0 Å². The standard InChI is InChI=1S/C23H22BrN5O3/c1-3-12-32-18-7-5-4-6-17(18)21-25-19-20(23(31)26-21)29(27-22(19)28(2)14-30)13-15-8-10-16(24)11-9-15/h4-11,14H,3,12-13H2,1-2H3,(H,25,26,31). The highest BCUT2D eigenvalue weighted by atomic mass is 79.9. The summed E-state index contributed by atoms with van der Waals surface area (Å²) >= 11 is 3.42. The van der Waals surface area contributed by atoms with E-state index in [1.165, 1.54) is 4.90 Å². The average molecular weight is 496 g/mol. The van der Waals surface area contributed by atoms with Gasteiger partial charge in [0.05, 0.1) is 18.7 Å². The molecular weight excluding hydrogens is 474 g/mol. The molecule has 2 aromatic carbocycles. The number of nitrogens with zero attached hydrogens (tertiary/aromatic N) is 4. The molecule has 1 N–H and O–H groups in total. The lowest BCUT2D eigenvalue weighted by Gasteiger charge is -2.11. The molecule has 164 valence electrons. The highest BCUT2D eigenvalue weighted by Gasteiger charge is 2.21. The summed E-state index contributed by atoms with van der Waals surface area (Å²) in [6.07, 6.45) is 1.50.